The molecule has 4 rings (SSSR count). The molecule has 2 aromatic carbocycles. The summed E-state index contributed by atoms with van der Waals surface area (Å²) >= 11 is 0. The van der Waals surface area contributed by atoms with Crippen LogP contribution in [0.15, 0.2) is 48.5 Å². The van der Waals surface area contributed by atoms with E-state index in [1.165, 1.54) is 48.8 Å². The average molecular weight is 307 g/mol. The summed E-state index contributed by atoms with van der Waals surface area (Å²) in [6.45, 7) is 0.938. The molecule has 1 N–H and O–H groups in total. The summed E-state index contributed by atoms with van der Waals surface area (Å²) in [4.78, 5) is 0. The molecule has 0 saturated heterocycles. The number of methoxy groups -OCH3 is 1. The summed E-state index contributed by atoms with van der Waals surface area (Å²) in [5.74, 6) is 1.71. The highest BCUT2D eigenvalue weighted by atomic mass is 16.5. The van der Waals surface area contributed by atoms with Crippen LogP contribution in [0.4, 0.5) is 0 Å². The van der Waals surface area contributed by atoms with Gasteiger partial charge in [0.25, 0.3) is 0 Å². The average Bonchev–Trinajstić information content (AvgIpc) is 2.94. The van der Waals surface area contributed by atoms with Crippen LogP contribution in [0.5, 0.6) is 5.75 Å². The van der Waals surface area contributed by atoms with E-state index in [-0.39, 0.29) is 5.54 Å². The Morgan fingerprint density at radius 1 is 1.13 bits per heavy atom. The van der Waals surface area contributed by atoms with E-state index in [1.807, 2.05) is 0 Å². The van der Waals surface area contributed by atoms with E-state index in [4.69, 9.17) is 4.74 Å². The molecule has 2 nitrogen and oxygen atoms in total. The van der Waals surface area contributed by atoms with Crippen LogP contribution in [0.3, 0.4) is 0 Å². The lowest BCUT2D eigenvalue weighted by atomic mass is 9.72. The number of fused-ring (bicyclic) bond motifs is 3. The Hall–Kier alpha value is -1.80. The molecule has 0 aromatic heterocycles. The maximum Gasteiger partial charge on any atom is 0.119 e. The van der Waals surface area contributed by atoms with E-state index in [2.05, 4.69) is 53.8 Å². The third kappa shape index (κ3) is 2.55. The van der Waals surface area contributed by atoms with Gasteiger partial charge >= 0.3 is 0 Å². The van der Waals surface area contributed by atoms with Gasteiger partial charge in [-0.2, -0.15) is 0 Å². The van der Waals surface area contributed by atoms with Crippen molar-refractivity contribution in [2.75, 3.05) is 7.11 Å². The molecule has 0 radical (unpaired) electrons. The van der Waals surface area contributed by atoms with Gasteiger partial charge in [0.15, 0.2) is 0 Å². The van der Waals surface area contributed by atoms with Crippen molar-refractivity contribution in [2.24, 2.45) is 5.92 Å². The fourth-order valence-electron chi connectivity index (χ4n) is 4.60. The molecule has 0 bridgehead atoms. The summed E-state index contributed by atoms with van der Waals surface area (Å²) in [7, 11) is 1.76. The van der Waals surface area contributed by atoms with Crippen molar-refractivity contribution in [1.82, 2.24) is 5.32 Å². The third-order valence-electron chi connectivity index (χ3n) is 5.79. The Kier molecular flexibility index (Phi) is 3.86. The van der Waals surface area contributed by atoms with Gasteiger partial charge in [-0.3, -0.25) is 0 Å². The fraction of sp³-hybridized carbons (Fsp3) is 0.429. The van der Waals surface area contributed by atoms with Gasteiger partial charge in [0.2, 0.25) is 0 Å². The normalized spacial score (nSPS) is 25.7. The Morgan fingerprint density at radius 3 is 2.83 bits per heavy atom. The van der Waals surface area contributed by atoms with Crippen LogP contribution < -0.4 is 10.1 Å². The van der Waals surface area contributed by atoms with Crippen LogP contribution >= 0.6 is 0 Å². The Balaban J connectivity index is 1.68. The maximum absolute atomic E-state index is 5.50. The minimum Gasteiger partial charge on any atom is -0.497 e. The molecule has 23 heavy (non-hydrogen) atoms. The molecule has 0 amide bonds. The lowest BCUT2D eigenvalue weighted by Gasteiger charge is -2.41. The molecular weight excluding hydrogens is 282 g/mol. The van der Waals surface area contributed by atoms with Crippen molar-refractivity contribution in [3.63, 3.8) is 0 Å². The first-order valence-corrected chi connectivity index (χ1v) is 8.78. The zero-order valence-corrected chi connectivity index (χ0v) is 13.8. The molecule has 0 heterocycles. The summed E-state index contributed by atoms with van der Waals surface area (Å²) in [6, 6.07) is 17.4. The van der Waals surface area contributed by atoms with Crippen molar-refractivity contribution in [2.45, 2.75) is 44.2 Å². The molecular formula is C21H25NO. The Bertz CT molecular complexity index is 681. The summed E-state index contributed by atoms with van der Waals surface area (Å²) < 4.78 is 5.50. The largest absolute Gasteiger partial charge is 0.497 e. The molecule has 2 aliphatic carbocycles. The van der Waals surface area contributed by atoms with Crippen molar-refractivity contribution < 1.29 is 4.74 Å². The second-order valence-electron chi connectivity index (χ2n) is 6.98. The molecule has 0 unspecified atom stereocenters. The predicted octanol–water partition coefficient (Wildman–Crippen LogP) is 4.43. The number of benzene rings is 2. The second-order valence-corrected chi connectivity index (χ2v) is 6.98. The van der Waals surface area contributed by atoms with Gasteiger partial charge in [-0.1, -0.05) is 49.2 Å². The van der Waals surface area contributed by atoms with Gasteiger partial charge in [0, 0.05) is 12.1 Å². The minimum atomic E-state index is 0.137. The SMILES string of the molecule is COc1ccc2c(c1)[C@]1(NCc3ccccc3)CCCC[C@@H]1C2. The zero-order chi connectivity index (χ0) is 15.7. The number of rotatable bonds is 4. The summed E-state index contributed by atoms with van der Waals surface area (Å²) in [5.41, 5.74) is 4.50. The maximum atomic E-state index is 5.50. The number of nitrogens with one attached hydrogen (secondary N) is 1. The molecule has 0 spiro atoms. The first kappa shape index (κ1) is 14.8. The van der Waals surface area contributed by atoms with Gasteiger partial charge in [-0.25, -0.2) is 0 Å². The van der Waals surface area contributed by atoms with Crippen LogP contribution in [0.1, 0.15) is 42.4 Å². The van der Waals surface area contributed by atoms with Crippen molar-refractivity contribution >= 4 is 0 Å². The summed E-state index contributed by atoms with van der Waals surface area (Å²) in [6.07, 6.45) is 6.46. The van der Waals surface area contributed by atoms with Gasteiger partial charge in [-0.05, 0) is 54.0 Å². The molecule has 2 atom stereocenters. The number of ether oxygens (including phenoxy) is 1. The van der Waals surface area contributed by atoms with E-state index < -0.39 is 0 Å². The van der Waals surface area contributed by atoms with Crippen molar-refractivity contribution in [3.05, 3.63) is 65.2 Å². The Morgan fingerprint density at radius 2 is 2.00 bits per heavy atom. The van der Waals surface area contributed by atoms with Gasteiger partial charge in [0.1, 0.15) is 5.75 Å². The zero-order valence-electron chi connectivity index (χ0n) is 13.8. The third-order valence-corrected chi connectivity index (χ3v) is 5.79. The summed E-state index contributed by atoms with van der Waals surface area (Å²) in [5, 5.41) is 3.97. The topological polar surface area (TPSA) is 21.3 Å². The van der Waals surface area contributed by atoms with Crippen LogP contribution in [0.2, 0.25) is 0 Å². The first-order valence-electron chi connectivity index (χ1n) is 8.78. The molecule has 2 heteroatoms. The molecule has 2 aliphatic rings. The van der Waals surface area contributed by atoms with Crippen LogP contribution in [-0.2, 0) is 18.5 Å². The molecule has 0 aliphatic heterocycles. The highest BCUT2D eigenvalue weighted by molar-refractivity contribution is 5.45. The minimum absolute atomic E-state index is 0.137. The van der Waals surface area contributed by atoms with Crippen molar-refractivity contribution in [3.8, 4) is 5.75 Å². The first-order chi connectivity index (χ1) is 11.3. The molecule has 2 aromatic rings. The van der Waals surface area contributed by atoms with Crippen LogP contribution in [0.25, 0.3) is 0 Å². The second kappa shape index (κ2) is 6.01. The molecule has 1 saturated carbocycles. The monoisotopic (exact) mass is 307 g/mol. The van der Waals surface area contributed by atoms with Crippen LogP contribution in [-0.4, -0.2) is 7.11 Å². The number of hydrogen-bond donors (Lipinski definition) is 1. The van der Waals surface area contributed by atoms with E-state index >= 15 is 0 Å². The predicted molar refractivity (Wildman–Crippen MR) is 93.6 cm³/mol. The smallest absolute Gasteiger partial charge is 0.119 e. The fourth-order valence-corrected chi connectivity index (χ4v) is 4.60. The lowest BCUT2D eigenvalue weighted by molar-refractivity contribution is 0.157. The number of hydrogen-bond acceptors (Lipinski definition) is 2. The van der Waals surface area contributed by atoms with E-state index in [9.17, 15) is 0 Å². The molecule has 120 valence electrons. The lowest BCUT2D eigenvalue weighted by Crippen LogP contribution is -2.47. The highest BCUT2D eigenvalue weighted by Gasteiger charge is 2.47. The van der Waals surface area contributed by atoms with Crippen LogP contribution in [0, 0.1) is 5.92 Å². The van der Waals surface area contributed by atoms with Crippen molar-refractivity contribution in [1.29, 1.82) is 0 Å². The van der Waals surface area contributed by atoms with Gasteiger partial charge < -0.3 is 10.1 Å². The van der Waals surface area contributed by atoms with Gasteiger partial charge in [0.05, 0.1) is 7.11 Å². The van der Waals surface area contributed by atoms with E-state index in [1.54, 1.807) is 7.11 Å². The van der Waals surface area contributed by atoms with E-state index in [0.29, 0.717) is 0 Å². The molecule has 1 fully saturated rings. The van der Waals surface area contributed by atoms with Gasteiger partial charge in [-0.15, -0.1) is 0 Å². The quantitative estimate of drug-likeness (QED) is 0.902. The van der Waals surface area contributed by atoms with E-state index in [0.717, 1.165) is 18.2 Å². The highest BCUT2D eigenvalue weighted by Crippen LogP contribution is 2.50. The standard InChI is InChI=1S/C21H25NO/c1-23-19-11-10-17-13-18-9-5-6-12-21(18,20(17)14-19)22-15-16-7-3-2-4-8-16/h2-4,7-8,10-11,14,18,22H,5-6,9,12-13,15H2,1H3/t18-,21+/m1/s1. The Labute approximate surface area is 138 Å².